The van der Waals surface area contributed by atoms with E-state index in [9.17, 15) is 0 Å². The monoisotopic (exact) mass is 784 g/mol. The average molecular weight is 785 g/mol. The van der Waals surface area contributed by atoms with Crippen molar-refractivity contribution in [2.24, 2.45) is 0 Å². The number of hydrogen-bond acceptors (Lipinski definition) is 2. The summed E-state index contributed by atoms with van der Waals surface area (Å²) in [6.45, 7) is 4.46. The van der Waals surface area contributed by atoms with E-state index in [-0.39, 0.29) is 0 Å². The molecule has 2 aromatic heterocycles. The van der Waals surface area contributed by atoms with Crippen LogP contribution in [0.25, 0.3) is 81.0 Å². The van der Waals surface area contributed by atoms with Gasteiger partial charge in [0.15, 0.2) is 0 Å². The highest BCUT2D eigenvalue weighted by Gasteiger charge is 2.27. The van der Waals surface area contributed by atoms with Crippen LogP contribution in [0.5, 0.6) is 0 Å². The van der Waals surface area contributed by atoms with Crippen molar-refractivity contribution in [1.82, 2.24) is 4.57 Å². The van der Waals surface area contributed by atoms with Crippen LogP contribution in [-0.2, 0) is 6.42 Å². The molecular formula is C57H40N2S. The number of rotatable bonds is 6. The fourth-order valence-electron chi connectivity index (χ4n) is 9.83. The van der Waals surface area contributed by atoms with E-state index in [1.54, 1.807) is 0 Å². The van der Waals surface area contributed by atoms with Crippen molar-refractivity contribution in [3.63, 3.8) is 0 Å². The third-order valence-electron chi connectivity index (χ3n) is 12.7. The van der Waals surface area contributed by atoms with Crippen molar-refractivity contribution < 1.29 is 0 Å². The van der Waals surface area contributed by atoms with Crippen LogP contribution in [0.1, 0.15) is 22.3 Å². The molecule has 0 unspecified atom stereocenters. The van der Waals surface area contributed by atoms with Crippen molar-refractivity contribution in [2.45, 2.75) is 20.3 Å². The highest BCUT2D eigenvalue weighted by Crippen LogP contribution is 2.50. The maximum absolute atomic E-state index is 2.50. The van der Waals surface area contributed by atoms with Crippen LogP contribution in [0, 0.1) is 13.8 Å². The molecule has 3 heteroatoms. The summed E-state index contributed by atoms with van der Waals surface area (Å²) in [6, 6.07) is 72.0. The van der Waals surface area contributed by atoms with Crippen molar-refractivity contribution in [3.8, 4) is 39.1 Å². The molecule has 0 amide bonds. The Labute approximate surface area is 353 Å². The van der Waals surface area contributed by atoms with Gasteiger partial charge in [0.05, 0.1) is 16.7 Å². The summed E-state index contributed by atoms with van der Waals surface area (Å²) >= 11 is 1.87. The lowest BCUT2D eigenvalue weighted by Crippen LogP contribution is -2.11. The first kappa shape index (κ1) is 34.8. The molecule has 0 aliphatic heterocycles. The van der Waals surface area contributed by atoms with E-state index in [1.165, 1.54) is 109 Å². The normalized spacial score (nSPS) is 12.1. The first-order valence-corrected chi connectivity index (χ1v) is 21.6. The molecule has 0 atom stereocenters. The molecule has 284 valence electrons. The van der Waals surface area contributed by atoms with E-state index in [4.69, 9.17) is 0 Å². The van der Waals surface area contributed by atoms with Crippen LogP contribution in [0.3, 0.4) is 0 Å². The maximum Gasteiger partial charge on any atom is 0.0543 e. The SMILES string of the molecule is Cc1ccccc1-c1ccc(N(c2ccc3c(c2)sc2ccccc23)c2cccc3c2-c2cc(-c4ccc5c(c4)c4ccccc4n5-c4ccccc4)ccc2C3)cc1C. The van der Waals surface area contributed by atoms with Crippen molar-refractivity contribution in [3.05, 3.63) is 216 Å². The number of aryl methyl sites for hydroxylation is 2. The Bertz CT molecular complexity index is 3500. The van der Waals surface area contributed by atoms with Crippen LogP contribution in [0.2, 0.25) is 0 Å². The molecule has 12 rings (SSSR count). The number of thiophene rings is 1. The average Bonchev–Trinajstić information content (AvgIpc) is 3.96. The highest BCUT2D eigenvalue weighted by molar-refractivity contribution is 7.25. The van der Waals surface area contributed by atoms with Crippen molar-refractivity contribution in [2.75, 3.05) is 4.90 Å². The quantitative estimate of drug-likeness (QED) is 0.163. The van der Waals surface area contributed by atoms with Gasteiger partial charge in [0.25, 0.3) is 0 Å². The maximum atomic E-state index is 2.50. The number of nitrogens with zero attached hydrogens (tertiary/aromatic N) is 2. The first-order valence-electron chi connectivity index (χ1n) is 20.8. The summed E-state index contributed by atoms with van der Waals surface area (Å²) in [7, 11) is 0. The number of fused-ring (bicyclic) bond motifs is 9. The zero-order valence-electron chi connectivity index (χ0n) is 33.5. The van der Waals surface area contributed by atoms with E-state index in [2.05, 4.69) is 217 Å². The highest BCUT2D eigenvalue weighted by atomic mass is 32.1. The van der Waals surface area contributed by atoms with E-state index in [0.717, 1.165) is 17.8 Å². The lowest BCUT2D eigenvalue weighted by molar-refractivity contribution is 1.18. The van der Waals surface area contributed by atoms with Crippen molar-refractivity contribution >= 4 is 70.4 Å². The lowest BCUT2D eigenvalue weighted by Gasteiger charge is -2.29. The van der Waals surface area contributed by atoms with Gasteiger partial charge in [-0.1, -0.05) is 121 Å². The zero-order chi connectivity index (χ0) is 39.9. The number of hydrogen-bond donors (Lipinski definition) is 0. The molecule has 1 aliphatic rings. The molecule has 0 spiro atoms. The van der Waals surface area contributed by atoms with E-state index in [1.807, 2.05) is 11.3 Å². The molecule has 0 saturated carbocycles. The van der Waals surface area contributed by atoms with E-state index >= 15 is 0 Å². The van der Waals surface area contributed by atoms with Crippen molar-refractivity contribution in [1.29, 1.82) is 0 Å². The van der Waals surface area contributed by atoms with Crippen LogP contribution >= 0.6 is 11.3 Å². The van der Waals surface area contributed by atoms with Gasteiger partial charge >= 0.3 is 0 Å². The summed E-state index contributed by atoms with van der Waals surface area (Å²) in [5, 5.41) is 5.16. The molecule has 0 bridgehead atoms. The second kappa shape index (κ2) is 13.7. The predicted molar refractivity (Wildman–Crippen MR) is 257 cm³/mol. The van der Waals surface area contributed by atoms with Gasteiger partial charge in [-0.15, -0.1) is 11.3 Å². The summed E-state index contributed by atoms with van der Waals surface area (Å²) in [6.07, 6.45) is 0.914. The van der Waals surface area contributed by atoms with Crippen LogP contribution in [-0.4, -0.2) is 4.57 Å². The zero-order valence-corrected chi connectivity index (χ0v) is 34.3. The Balaban J connectivity index is 1.03. The van der Waals surface area contributed by atoms with Gasteiger partial charge in [-0.3, -0.25) is 0 Å². The lowest BCUT2D eigenvalue weighted by atomic mass is 9.95. The molecule has 2 nitrogen and oxygen atoms in total. The first-order chi connectivity index (χ1) is 29.6. The summed E-state index contributed by atoms with van der Waals surface area (Å²) in [4.78, 5) is 2.50. The Hall–Kier alpha value is -7.20. The minimum atomic E-state index is 0.914. The fraction of sp³-hybridized carbons (Fsp3) is 0.0526. The molecule has 1 aliphatic carbocycles. The molecule has 2 heterocycles. The molecule has 0 N–H and O–H groups in total. The standard InChI is InChI=1S/C57H40N2S/c1-36-13-6-7-17-45(36)46-28-26-43(31-37(46)2)58(44-27-29-49-48-19-9-11-22-55(48)60-56(49)35-44)54-21-12-14-41-32-40-24-23-38(33-50(40)57(41)54)39-25-30-53-51(34-39)47-18-8-10-20-52(47)59(53)42-15-4-3-5-16-42/h3-31,33-35H,32H2,1-2H3. The fourth-order valence-corrected chi connectivity index (χ4v) is 11.0. The largest absolute Gasteiger partial charge is 0.310 e. The molecule has 0 saturated heterocycles. The minimum Gasteiger partial charge on any atom is -0.310 e. The molecule has 9 aromatic carbocycles. The van der Waals surface area contributed by atoms with Crippen LogP contribution < -0.4 is 4.90 Å². The number of aromatic nitrogens is 1. The van der Waals surface area contributed by atoms with Gasteiger partial charge in [0.1, 0.15) is 0 Å². The molecular weight excluding hydrogens is 745 g/mol. The number of para-hydroxylation sites is 2. The number of benzene rings is 9. The summed E-state index contributed by atoms with van der Waals surface area (Å²) < 4.78 is 5.00. The van der Waals surface area contributed by atoms with Crippen LogP contribution in [0.4, 0.5) is 17.1 Å². The predicted octanol–water partition coefficient (Wildman–Crippen LogP) is 16.1. The van der Waals surface area contributed by atoms with Gasteiger partial charge in [-0.25, -0.2) is 0 Å². The third kappa shape index (κ3) is 5.47. The molecule has 0 fully saturated rings. The second-order valence-corrected chi connectivity index (χ2v) is 17.3. The van der Waals surface area contributed by atoms with Crippen LogP contribution in [0.15, 0.2) is 194 Å². The van der Waals surface area contributed by atoms with Gasteiger partial charge in [0.2, 0.25) is 0 Å². The van der Waals surface area contributed by atoms with Gasteiger partial charge in [-0.2, -0.15) is 0 Å². The second-order valence-electron chi connectivity index (χ2n) is 16.2. The van der Waals surface area contributed by atoms with Gasteiger partial charge < -0.3 is 9.47 Å². The third-order valence-corrected chi connectivity index (χ3v) is 13.8. The summed E-state index contributed by atoms with van der Waals surface area (Å²) in [5.41, 5.74) is 20.0. The Kier molecular flexibility index (Phi) is 7.94. The Morgan fingerprint density at radius 3 is 2.02 bits per heavy atom. The molecule has 11 aromatic rings. The number of anilines is 3. The minimum absolute atomic E-state index is 0.914. The van der Waals surface area contributed by atoms with Gasteiger partial charge in [0, 0.05) is 53.6 Å². The Morgan fingerprint density at radius 2 is 1.13 bits per heavy atom. The Morgan fingerprint density at radius 1 is 0.433 bits per heavy atom. The summed E-state index contributed by atoms with van der Waals surface area (Å²) in [5.74, 6) is 0. The van der Waals surface area contributed by atoms with E-state index in [0.29, 0.717) is 0 Å². The van der Waals surface area contributed by atoms with E-state index < -0.39 is 0 Å². The topological polar surface area (TPSA) is 8.17 Å². The molecule has 0 radical (unpaired) electrons. The molecule has 60 heavy (non-hydrogen) atoms. The van der Waals surface area contributed by atoms with Gasteiger partial charge in [-0.05, 0) is 143 Å². The smallest absolute Gasteiger partial charge is 0.0543 e.